The van der Waals surface area contributed by atoms with Crippen LogP contribution in [0.25, 0.3) is 0 Å². The van der Waals surface area contributed by atoms with Gasteiger partial charge in [0.1, 0.15) is 6.04 Å². The normalized spacial score (nSPS) is 11.4. The van der Waals surface area contributed by atoms with E-state index in [0.29, 0.717) is 6.42 Å². The van der Waals surface area contributed by atoms with Crippen molar-refractivity contribution in [2.75, 3.05) is 14.2 Å². The van der Waals surface area contributed by atoms with Crippen molar-refractivity contribution in [3.8, 4) is 0 Å². The second kappa shape index (κ2) is 7.86. The Bertz CT molecular complexity index is 329. The first kappa shape index (κ1) is 15.7. The average Bonchev–Trinajstić information content (AvgIpc) is 2.27. The van der Waals surface area contributed by atoms with Crippen molar-refractivity contribution >= 4 is 41.0 Å². The quantitative estimate of drug-likeness (QED) is 0.663. The van der Waals surface area contributed by atoms with Gasteiger partial charge < -0.3 is 10.1 Å². The molecule has 0 unspecified atom stereocenters. The summed E-state index contributed by atoms with van der Waals surface area (Å²) >= 11 is 2.25. The molecular formula is C11H15ClINO2. The van der Waals surface area contributed by atoms with Crippen LogP contribution in [0.1, 0.15) is 5.56 Å². The Morgan fingerprint density at radius 1 is 1.44 bits per heavy atom. The molecule has 1 N–H and O–H groups in total. The van der Waals surface area contributed by atoms with Gasteiger partial charge in [0.2, 0.25) is 0 Å². The van der Waals surface area contributed by atoms with Gasteiger partial charge >= 0.3 is 5.97 Å². The molecule has 1 atom stereocenters. The summed E-state index contributed by atoms with van der Waals surface area (Å²) in [7, 11) is 3.16. The van der Waals surface area contributed by atoms with E-state index in [9.17, 15) is 4.79 Å². The molecule has 16 heavy (non-hydrogen) atoms. The van der Waals surface area contributed by atoms with Crippen LogP contribution in [0, 0.1) is 3.57 Å². The Labute approximate surface area is 115 Å². The molecular weight excluding hydrogens is 340 g/mol. The third-order valence-electron chi connectivity index (χ3n) is 2.19. The number of esters is 1. The van der Waals surface area contributed by atoms with Gasteiger partial charge in [-0.2, -0.15) is 0 Å². The van der Waals surface area contributed by atoms with E-state index in [1.54, 1.807) is 7.05 Å². The molecule has 0 spiro atoms. The molecule has 0 radical (unpaired) electrons. The zero-order valence-electron chi connectivity index (χ0n) is 9.20. The summed E-state index contributed by atoms with van der Waals surface area (Å²) < 4.78 is 5.89. The van der Waals surface area contributed by atoms with Crippen molar-refractivity contribution < 1.29 is 9.53 Å². The van der Waals surface area contributed by atoms with E-state index in [-0.39, 0.29) is 24.4 Å². The molecule has 1 aromatic rings. The van der Waals surface area contributed by atoms with Crippen LogP contribution in [-0.2, 0) is 16.0 Å². The molecule has 3 nitrogen and oxygen atoms in total. The number of rotatable bonds is 4. The van der Waals surface area contributed by atoms with Gasteiger partial charge in [-0.1, -0.05) is 12.1 Å². The van der Waals surface area contributed by atoms with Gasteiger partial charge in [-0.3, -0.25) is 4.79 Å². The van der Waals surface area contributed by atoms with Crippen LogP contribution in [0.3, 0.4) is 0 Å². The van der Waals surface area contributed by atoms with E-state index in [0.717, 1.165) is 5.56 Å². The SMILES string of the molecule is CN[C@@H](Cc1ccc(I)cc1)C(=O)OC.Cl. The molecule has 1 rings (SSSR count). The fraction of sp³-hybridized carbons (Fsp3) is 0.364. The third kappa shape index (κ3) is 4.67. The Balaban J connectivity index is 0.00000225. The number of carbonyl (C=O) groups is 1. The van der Waals surface area contributed by atoms with Gasteiger partial charge in [0, 0.05) is 3.57 Å². The van der Waals surface area contributed by atoms with Gasteiger partial charge in [-0.25, -0.2) is 0 Å². The third-order valence-corrected chi connectivity index (χ3v) is 2.91. The first-order valence-corrected chi connectivity index (χ1v) is 5.74. The van der Waals surface area contributed by atoms with Crippen LogP contribution < -0.4 is 5.32 Å². The van der Waals surface area contributed by atoms with Crippen molar-refractivity contribution in [1.29, 1.82) is 0 Å². The maximum absolute atomic E-state index is 11.3. The zero-order chi connectivity index (χ0) is 11.3. The number of hydrogen-bond donors (Lipinski definition) is 1. The molecule has 0 heterocycles. The smallest absolute Gasteiger partial charge is 0.323 e. The fourth-order valence-electron chi connectivity index (χ4n) is 1.30. The maximum atomic E-state index is 11.3. The van der Waals surface area contributed by atoms with Gasteiger partial charge in [0.15, 0.2) is 0 Å². The Morgan fingerprint density at radius 2 is 2.00 bits per heavy atom. The zero-order valence-corrected chi connectivity index (χ0v) is 12.2. The molecule has 0 aromatic heterocycles. The lowest BCUT2D eigenvalue weighted by Gasteiger charge is -2.13. The van der Waals surface area contributed by atoms with Crippen molar-refractivity contribution in [2.24, 2.45) is 0 Å². The molecule has 0 aliphatic heterocycles. The van der Waals surface area contributed by atoms with Crippen LogP contribution in [0.5, 0.6) is 0 Å². The minimum absolute atomic E-state index is 0. The van der Waals surface area contributed by atoms with Crippen molar-refractivity contribution in [1.82, 2.24) is 5.32 Å². The second-order valence-electron chi connectivity index (χ2n) is 3.20. The number of ether oxygens (including phenoxy) is 1. The number of likely N-dealkylation sites (N-methyl/N-ethyl adjacent to an activating group) is 1. The first-order valence-electron chi connectivity index (χ1n) is 4.67. The van der Waals surface area contributed by atoms with Crippen LogP contribution in [-0.4, -0.2) is 26.2 Å². The molecule has 0 saturated carbocycles. The van der Waals surface area contributed by atoms with Crippen molar-refractivity contribution in [3.63, 3.8) is 0 Å². The lowest BCUT2D eigenvalue weighted by Crippen LogP contribution is -2.36. The second-order valence-corrected chi connectivity index (χ2v) is 4.44. The van der Waals surface area contributed by atoms with Crippen molar-refractivity contribution in [2.45, 2.75) is 12.5 Å². The van der Waals surface area contributed by atoms with Crippen LogP contribution in [0.15, 0.2) is 24.3 Å². The minimum atomic E-state index is -0.268. The van der Waals surface area contributed by atoms with E-state index in [1.807, 2.05) is 24.3 Å². The lowest BCUT2D eigenvalue weighted by molar-refractivity contribution is -0.142. The number of hydrogen-bond acceptors (Lipinski definition) is 3. The number of benzene rings is 1. The van der Waals surface area contributed by atoms with Crippen LogP contribution in [0.2, 0.25) is 0 Å². The Kier molecular flexibility index (Phi) is 7.70. The van der Waals surface area contributed by atoms with Gasteiger partial charge in [0.25, 0.3) is 0 Å². The highest BCUT2D eigenvalue weighted by atomic mass is 127. The van der Waals surface area contributed by atoms with E-state index < -0.39 is 0 Å². The predicted octanol–water partition coefficient (Wildman–Crippen LogP) is 2.02. The van der Waals surface area contributed by atoms with Gasteiger partial charge in [-0.15, -0.1) is 12.4 Å². The van der Waals surface area contributed by atoms with E-state index in [2.05, 4.69) is 27.9 Å². The van der Waals surface area contributed by atoms with E-state index in [4.69, 9.17) is 4.74 Å². The summed E-state index contributed by atoms with van der Waals surface area (Å²) in [6.45, 7) is 0. The monoisotopic (exact) mass is 355 g/mol. The summed E-state index contributed by atoms with van der Waals surface area (Å²) in [6.07, 6.45) is 0.653. The molecule has 0 aliphatic carbocycles. The molecule has 0 bridgehead atoms. The number of nitrogens with one attached hydrogen (secondary N) is 1. The highest BCUT2D eigenvalue weighted by Crippen LogP contribution is 2.09. The standard InChI is InChI=1S/C11H14INO2.ClH/c1-13-10(11(14)15-2)7-8-3-5-9(12)6-4-8;/h3-6,10,13H,7H2,1-2H3;1H/t10-;/m0./s1. The first-order chi connectivity index (χ1) is 7.17. The molecule has 0 aliphatic rings. The largest absolute Gasteiger partial charge is 0.468 e. The molecule has 1 aromatic carbocycles. The molecule has 90 valence electrons. The highest BCUT2D eigenvalue weighted by molar-refractivity contribution is 14.1. The van der Waals surface area contributed by atoms with Crippen LogP contribution >= 0.6 is 35.0 Å². The maximum Gasteiger partial charge on any atom is 0.323 e. The minimum Gasteiger partial charge on any atom is -0.468 e. The van der Waals surface area contributed by atoms with Crippen molar-refractivity contribution in [3.05, 3.63) is 33.4 Å². The van der Waals surface area contributed by atoms with E-state index >= 15 is 0 Å². The molecule has 0 amide bonds. The Morgan fingerprint density at radius 3 is 2.44 bits per heavy atom. The number of halogens is 2. The highest BCUT2D eigenvalue weighted by Gasteiger charge is 2.16. The average molecular weight is 356 g/mol. The topological polar surface area (TPSA) is 38.3 Å². The van der Waals surface area contributed by atoms with E-state index in [1.165, 1.54) is 10.7 Å². The summed E-state index contributed by atoms with van der Waals surface area (Å²) in [5.74, 6) is -0.226. The Hall–Kier alpha value is -0.330. The summed E-state index contributed by atoms with van der Waals surface area (Å²) in [6, 6.07) is 7.83. The van der Waals surface area contributed by atoms with Gasteiger partial charge in [-0.05, 0) is 53.8 Å². The lowest BCUT2D eigenvalue weighted by atomic mass is 10.1. The van der Waals surface area contributed by atoms with Crippen LogP contribution in [0.4, 0.5) is 0 Å². The number of carbonyl (C=O) groups excluding carboxylic acids is 1. The van der Waals surface area contributed by atoms with Gasteiger partial charge in [0.05, 0.1) is 7.11 Å². The summed E-state index contributed by atoms with van der Waals surface area (Å²) in [5, 5.41) is 2.94. The predicted molar refractivity (Wildman–Crippen MR) is 75.0 cm³/mol. The summed E-state index contributed by atoms with van der Waals surface area (Å²) in [5.41, 5.74) is 1.13. The summed E-state index contributed by atoms with van der Waals surface area (Å²) in [4.78, 5) is 11.3. The molecule has 0 fully saturated rings. The fourth-order valence-corrected chi connectivity index (χ4v) is 1.66. The molecule has 0 saturated heterocycles. The molecule has 5 heteroatoms. The number of methoxy groups -OCH3 is 1.